The third kappa shape index (κ3) is 4.07. The molecule has 0 saturated heterocycles. The number of carbonyl (C=O) groups excluding carboxylic acids is 1. The summed E-state index contributed by atoms with van der Waals surface area (Å²) in [5.74, 6) is -0.204. The van der Waals surface area contributed by atoms with Crippen molar-refractivity contribution in [1.82, 2.24) is 15.1 Å². The van der Waals surface area contributed by atoms with E-state index in [0.717, 1.165) is 29.2 Å². The van der Waals surface area contributed by atoms with Crippen LogP contribution in [0.2, 0.25) is 0 Å². The summed E-state index contributed by atoms with van der Waals surface area (Å²) in [6.07, 6.45) is 2.98. The van der Waals surface area contributed by atoms with E-state index in [4.69, 9.17) is 5.11 Å². The van der Waals surface area contributed by atoms with E-state index in [0.29, 0.717) is 17.9 Å². The molecule has 25 heavy (non-hydrogen) atoms. The number of nitrogens with zero attached hydrogens (tertiary/aromatic N) is 2. The van der Waals surface area contributed by atoms with Crippen LogP contribution in [0.25, 0.3) is 5.69 Å². The first-order valence-corrected chi connectivity index (χ1v) is 8.61. The molecule has 0 unspecified atom stereocenters. The molecule has 0 atom stereocenters. The highest BCUT2D eigenvalue weighted by atomic mass is 16.4. The van der Waals surface area contributed by atoms with E-state index < -0.39 is 5.97 Å². The molecule has 1 aromatic heterocycles. The number of nitrogens with one attached hydrogen (secondary N) is 1. The molecule has 6 heteroatoms. The first-order chi connectivity index (χ1) is 12.0. The van der Waals surface area contributed by atoms with Gasteiger partial charge in [-0.25, -0.2) is 4.68 Å². The predicted molar refractivity (Wildman–Crippen MR) is 94.1 cm³/mol. The van der Waals surface area contributed by atoms with Crippen LogP contribution in [0.4, 0.5) is 0 Å². The monoisotopic (exact) mass is 341 g/mol. The van der Waals surface area contributed by atoms with E-state index in [1.807, 2.05) is 26.0 Å². The van der Waals surface area contributed by atoms with Crippen LogP contribution >= 0.6 is 0 Å². The summed E-state index contributed by atoms with van der Waals surface area (Å²) in [5, 5.41) is 16.4. The Kier molecular flexibility index (Phi) is 4.88. The van der Waals surface area contributed by atoms with Crippen LogP contribution in [0, 0.1) is 19.8 Å². The van der Waals surface area contributed by atoms with Crippen molar-refractivity contribution in [1.29, 1.82) is 0 Å². The van der Waals surface area contributed by atoms with Crippen LogP contribution in [0.15, 0.2) is 24.3 Å². The lowest BCUT2D eigenvalue weighted by Gasteiger charge is -2.08. The minimum atomic E-state index is -0.812. The first-order valence-electron chi connectivity index (χ1n) is 8.61. The number of hydrogen-bond acceptors (Lipinski definition) is 3. The molecule has 1 aliphatic rings. The molecule has 1 heterocycles. The van der Waals surface area contributed by atoms with Crippen molar-refractivity contribution in [3.63, 3.8) is 0 Å². The Hall–Kier alpha value is -2.63. The van der Waals surface area contributed by atoms with E-state index in [9.17, 15) is 9.59 Å². The van der Waals surface area contributed by atoms with Gasteiger partial charge >= 0.3 is 5.97 Å². The number of amides is 1. The van der Waals surface area contributed by atoms with Gasteiger partial charge in [-0.15, -0.1) is 0 Å². The molecule has 1 amide bonds. The van der Waals surface area contributed by atoms with Gasteiger partial charge in [0, 0.05) is 24.2 Å². The van der Waals surface area contributed by atoms with Gasteiger partial charge in [-0.2, -0.15) is 5.10 Å². The maximum atomic E-state index is 12.1. The minimum Gasteiger partial charge on any atom is -0.481 e. The highest BCUT2D eigenvalue weighted by Crippen LogP contribution is 2.27. The highest BCUT2D eigenvalue weighted by molar-refractivity contribution is 5.94. The number of aryl methyl sites for hydroxylation is 1. The van der Waals surface area contributed by atoms with Crippen LogP contribution in [0.1, 0.15) is 46.6 Å². The van der Waals surface area contributed by atoms with E-state index in [1.165, 1.54) is 12.8 Å². The quantitative estimate of drug-likeness (QED) is 0.811. The maximum Gasteiger partial charge on any atom is 0.303 e. The molecule has 3 rings (SSSR count). The van der Waals surface area contributed by atoms with Crippen LogP contribution in [0.3, 0.4) is 0 Å². The van der Waals surface area contributed by atoms with Crippen molar-refractivity contribution in [3.05, 3.63) is 46.8 Å². The van der Waals surface area contributed by atoms with E-state index in [-0.39, 0.29) is 12.3 Å². The van der Waals surface area contributed by atoms with Gasteiger partial charge in [0.1, 0.15) is 0 Å². The molecule has 1 aromatic carbocycles. The molecular formula is C19H23N3O3. The highest BCUT2D eigenvalue weighted by Gasteiger charge is 2.22. The summed E-state index contributed by atoms with van der Waals surface area (Å²) in [6.45, 7) is 4.58. The van der Waals surface area contributed by atoms with Gasteiger partial charge in [0.05, 0.1) is 11.4 Å². The molecular weight excluding hydrogens is 318 g/mol. The molecule has 0 radical (unpaired) electrons. The second-order valence-corrected chi connectivity index (χ2v) is 6.66. The standard InChI is InChI=1S/C19H23N3O3/c1-12-17(9-10-18(23)24)13(2)22(21-12)16-7-5-15(6-8-16)19(25)20-11-14-3-4-14/h5-8,14H,3-4,9-11H2,1-2H3,(H,20,25)(H,23,24). The number of carboxylic acid groups (broad SMARTS) is 1. The van der Waals surface area contributed by atoms with E-state index in [2.05, 4.69) is 10.4 Å². The Bertz CT molecular complexity index is 789. The van der Waals surface area contributed by atoms with Gasteiger partial charge in [-0.05, 0) is 68.9 Å². The fraction of sp³-hybridized carbons (Fsp3) is 0.421. The minimum absolute atomic E-state index is 0.0473. The predicted octanol–water partition coefficient (Wildman–Crippen LogP) is 2.65. The SMILES string of the molecule is Cc1nn(-c2ccc(C(=O)NCC3CC3)cc2)c(C)c1CCC(=O)O. The van der Waals surface area contributed by atoms with Crippen molar-refractivity contribution in [3.8, 4) is 5.69 Å². The van der Waals surface area contributed by atoms with Gasteiger partial charge in [0.15, 0.2) is 0 Å². The van der Waals surface area contributed by atoms with Crippen LogP contribution in [-0.4, -0.2) is 33.3 Å². The average molecular weight is 341 g/mol. The zero-order valence-electron chi connectivity index (χ0n) is 14.6. The summed E-state index contributed by atoms with van der Waals surface area (Å²) in [4.78, 5) is 22.9. The molecule has 2 aromatic rings. The Labute approximate surface area is 146 Å². The smallest absolute Gasteiger partial charge is 0.303 e. The van der Waals surface area contributed by atoms with E-state index in [1.54, 1.807) is 16.8 Å². The van der Waals surface area contributed by atoms with Crippen molar-refractivity contribution >= 4 is 11.9 Å². The molecule has 1 fully saturated rings. The Morgan fingerprint density at radius 3 is 2.52 bits per heavy atom. The maximum absolute atomic E-state index is 12.1. The van der Waals surface area contributed by atoms with Gasteiger partial charge in [0.25, 0.3) is 5.91 Å². The number of aromatic nitrogens is 2. The molecule has 0 aliphatic heterocycles. The second kappa shape index (κ2) is 7.09. The van der Waals surface area contributed by atoms with Gasteiger partial charge in [-0.3, -0.25) is 9.59 Å². The number of benzene rings is 1. The lowest BCUT2D eigenvalue weighted by atomic mass is 10.1. The Morgan fingerprint density at radius 1 is 1.24 bits per heavy atom. The van der Waals surface area contributed by atoms with Crippen molar-refractivity contribution < 1.29 is 14.7 Å². The summed E-state index contributed by atoms with van der Waals surface area (Å²) >= 11 is 0. The Morgan fingerprint density at radius 2 is 1.92 bits per heavy atom. The fourth-order valence-corrected chi connectivity index (χ4v) is 2.94. The molecule has 6 nitrogen and oxygen atoms in total. The number of aliphatic carboxylic acids is 1. The molecule has 1 saturated carbocycles. The molecule has 0 spiro atoms. The molecule has 132 valence electrons. The number of carboxylic acids is 1. The fourth-order valence-electron chi connectivity index (χ4n) is 2.94. The number of carbonyl (C=O) groups is 2. The lowest BCUT2D eigenvalue weighted by Crippen LogP contribution is -2.25. The Balaban J connectivity index is 1.74. The van der Waals surface area contributed by atoms with Crippen molar-refractivity contribution in [2.45, 2.75) is 39.5 Å². The average Bonchev–Trinajstić information content (AvgIpc) is 3.37. The van der Waals surface area contributed by atoms with Crippen LogP contribution < -0.4 is 5.32 Å². The van der Waals surface area contributed by atoms with E-state index >= 15 is 0 Å². The summed E-state index contributed by atoms with van der Waals surface area (Å²) in [7, 11) is 0. The molecule has 2 N–H and O–H groups in total. The number of rotatable bonds is 7. The topological polar surface area (TPSA) is 84.2 Å². The molecule has 1 aliphatic carbocycles. The summed E-state index contributed by atoms with van der Waals surface area (Å²) in [5.41, 5.74) is 4.24. The summed E-state index contributed by atoms with van der Waals surface area (Å²) in [6, 6.07) is 7.33. The van der Waals surface area contributed by atoms with Gasteiger partial charge in [-0.1, -0.05) is 0 Å². The second-order valence-electron chi connectivity index (χ2n) is 6.66. The first kappa shape index (κ1) is 17.2. The lowest BCUT2D eigenvalue weighted by molar-refractivity contribution is -0.136. The zero-order chi connectivity index (χ0) is 18.0. The normalized spacial score (nSPS) is 13.7. The number of hydrogen-bond donors (Lipinski definition) is 2. The third-order valence-corrected chi connectivity index (χ3v) is 4.65. The van der Waals surface area contributed by atoms with Gasteiger partial charge in [0.2, 0.25) is 0 Å². The van der Waals surface area contributed by atoms with Crippen molar-refractivity contribution in [2.75, 3.05) is 6.54 Å². The zero-order valence-corrected chi connectivity index (χ0v) is 14.6. The molecule has 0 bridgehead atoms. The third-order valence-electron chi connectivity index (χ3n) is 4.65. The van der Waals surface area contributed by atoms with Crippen molar-refractivity contribution in [2.24, 2.45) is 5.92 Å². The summed E-state index contributed by atoms with van der Waals surface area (Å²) < 4.78 is 1.80. The van der Waals surface area contributed by atoms with Crippen LogP contribution in [0.5, 0.6) is 0 Å². The largest absolute Gasteiger partial charge is 0.481 e. The van der Waals surface area contributed by atoms with Gasteiger partial charge < -0.3 is 10.4 Å². The van der Waals surface area contributed by atoms with Crippen LogP contribution in [-0.2, 0) is 11.2 Å².